The molecule has 0 aliphatic carbocycles. The number of nitrogens with zero attached hydrogens (tertiary/aromatic N) is 2. The van der Waals surface area contributed by atoms with Gasteiger partial charge in [0.2, 0.25) is 0 Å². The molecule has 1 aromatic carbocycles. The zero-order valence-corrected chi connectivity index (χ0v) is 9.63. The fourth-order valence-electron chi connectivity index (χ4n) is 1.97. The minimum absolute atomic E-state index is 0.358. The van der Waals surface area contributed by atoms with Crippen LogP contribution in [0.3, 0.4) is 0 Å². The minimum atomic E-state index is -0.842. The first-order valence-corrected chi connectivity index (χ1v) is 5.47. The Morgan fingerprint density at radius 2 is 2.35 bits per heavy atom. The predicted octanol–water partition coefficient (Wildman–Crippen LogP) is 1.09. The van der Waals surface area contributed by atoms with Crippen LogP contribution in [-0.2, 0) is 11.8 Å². The van der Waals surface area contributed by atoms with Crippen LogP contribution >= 0.6 is 0 Å². The maximum absolute atomic E-state index is 11.1. The molecule has 0 radical (unpaired) electrons. The summed E-state index contributed by atoms with van der Waals surface area (Å²) in [4.78, 5) is 15.4. The minimum Gasteiger partial charge on any atom is -0.481 e. The Labute approximate surface area is 98.9 Å². The van der Waals surface area contributed by atoms with Gasteiger partial charge in [-0.05, 0) is 30.7 Å². The van der Waals surface area contributed by atoms with Crippen molar-refractivity contribution >= 4 is 17.0 Å². The number of carboxylic acids is 1. The molecule has 90 valence electrons. The number of fused-ring (bicyclic) bond motifs is 1. The number of aryl methyl sites for hydroxylation is 1. The van der Waals surface area contributed by atoms with E-state index >= 15 is 0 Å². The van der Waals surface area contributed by atoms with Gasteiger partial charge < -0.3 is 15.4 Å². The third-order valence-electron chi connectivity index (χ3n) is 2.91. The molecule has 0 fully saturated rings. The van der Waals surface area contributed by atoms with E-state index in [2.05, 4.69) is 4.98 Å². The van der Waals surface area contributed by atoms with Gasteiger partial charge in [0, 0.05) is 7.05 Å². The van der Waals surface area contributed by atoms with Crippen LogP contribution in [0.2, 0.25) is 0 Å². The fourth-order valence-corrected chi connectivity index (χ4v) is 1.97. The van der Waals surface area contributed by atoms with Gasteiger partial charge in [0.15, 0.2) is 0 Å². The summed E-state index contributed by atoms with van der Waals surface area (Å²) in [6.45, 7) is 0.358. The van der Waals surface area contributed by atoms with Crippen molar-refractivity contribution in [2.24, 2.45) is 12.8 Å². The van der Waals surface area contributed by atoms with Crippen LogP contribution in [0, 0.1) is 0 Å². The average molecular weight is 233 g/mol. The highest BCUT2D eigenvalue weighted by atomic mass is 16.4. The number of hydrogen-bond acceptors (Lipinski definition) is 3. The third-order valence-corrected chi connectivity index (χ3v) is 2.91. The molecule has 0 saturated carbocycles. The van der Waals surface area contributed by atoms with E-state index in [1.165, 1.54) is 0 Å². The van der Waals surface area contributed by atoms with E-state index in [4.69, 9.17) is 10.8 Å². The maximum Gasteiger partial charge on any atom is 0.311 e. The van der Waals surface area contributed by atoms with Crippen LogP contribution in [0.5, 0.6) is 0 Å². The van der Waals surface area contributed by atoms with Gasteiger partial charge in [0.25, 0.3) is 0 Å². The Morgan fingerprint density at radius 3 is 3.00 bits per heavy atom. The molecule has 0 saturated heterocycles. The lowest BCUT2D eigenvalue weighted by Gasteiger charge is -2.11. The Kier molecular flexibility index (Phi) is 3.10. The lowest BCUT2D eigenvalue weighted by Crippen LogP contribution is -2.16. The first-order chi connectivity index (χ1) is 8.13. The molecule has 5 heteroatoms. The van der Waals surface area contributed by atoms with Gasteiger partial charge in [-0.1, -0.05) is 6.07 Å². The van der Waals surface area contributed by atoms with Crippen molar-refractivity contribution in [3.8, 4) is 0 Å². The van der Waals surface area contributed by atoms with Crippen molar-refractivity contribution in [2.45, 2.75) is 12.3 Å². The molecule has 1 heterocycles. The lowest BCUT2D eigenvalue weighted by molar-refractivity contribution is -0.138. The van der Waals surface area contributed by atoms with E-state index < -0.39 is 11.9 Å². The number of nitrogens with two attached hydrogens (primary N) is 1. The summed E-state index contributed by atoms with van der Waals surface area (Å²) in [5.74, 6) is -1.39. The van der Waals surface area contributed by atoms with Crippen molar-refractivity contribution < 1.29 is 9.90 Å². The second-order valence-electron chi connectivity index (χ2n) is 4.07. The van der Waals surface area contributed by atoms with Crippen molar-refractivity contribution in [1.82, 2.24) is 9.55 Å². The van der Waals surface area contributed by atoms with E-state index in [1.807, 2.05) is 29.8 Å². The van der Waals surface area contributed by atoms with Gasteiger partial charge in [-0.2, -0.15) is 0 Å². The molecule has 0 aliphatic rings. The highest BCUT2D eigenvalue weighted by molar-refractivity contribution is 5.81. The number of rotatable bonds is 4. The van der Waals surface area contributed by atoms with Crippen LogP contribution in [0.1, 0.15) is 17.9 Å². The van der Waals surface area contributed by atoms with Crippen LogP contribution < -0.4 is 5.73 Å². The standard InChI is InChI=1S/C12H15N3O2/c1-15-7-14-10-6-8(2-3-11(10)15)9(4-5-13)12(16)17/h2-3,6-7,9H,4-5,13H2,1H3,(H,16,17). The summed E-state index contributed by atoms with van der Waals surface area (Å²) in [5.41, 5.74) is 8.00. The summed E-state index contributed by atoms with van der Waals surface area (Å²) in [5, 5.41) is 9.15. The Balaban J connectivity index is 2.43. The van der Waals surface area contributed by atoms with E-state index in [1.54, 1.807) is 6.33 Å². The Hall–Kier alpha value is -1.88. The summed E-state index contributed by atoms with van der Waals surface area (Å²) in [6.07, 6.45) is 2.15. The summed E-state index contributed by atoms with van der Waals surface area (Å²) < 4.78 is 1.90. The number of benzene rings is 1. The van der Waals surface area contributed by atoms with Crippen LogP contribution in [-0.4, -0.2) is 27.2 Å². The van der Waals surface area contributed by atoms with E-state index in [-0.39, 0.29) is 0 Å². The number of aliphatic carboxylic acids is 1. The average Bonchev–Trinajstić information content (AvgIpc) is 2.67. The molecule has 0 amide bonds. The van der Waals surface area contributed by atoms with Gasteiger partial charge in [-0.15, -0.1) is 0 Å². The highest BCUT2D eigenvalue weighted by Crippen LogP contribution is 2.23. The largest absolute Gasteiger partial charge is 0.481 e. The van der Waals surface area contributed by atoms with Crippen LogP contribution in [0.25, 0.3) is 11.0 Å². The first kappa shape index (κ1) is 11.6. The smallest absolute Gasteiger partial charge is 0.311 e. The Morgan fingerprint density at radius 1 is 1.59 bits per heavy atom. The van der Waals surface area contributed by atoms with E-state index in [0.717, 1.165) is 16.6 Å². The molecule has 1 unspecified atom stereocenters. The monoisotopic (exact) mass is 233 g/mol. The van der Waals surface area contributed by atoms with E-state index in [0.29, 0.717) is 13.0 Å². The number of aromatic nitrogens is 2. The lowest BCUT2D eigenvalue weighted by atomic mass is 9.95. The molecule has 3 N–H and O–H groups in total. The molecule has 1 aromatic heterocycles. The van der Waals surface area contributed by atoms with Crippen molar-refractivity contribution in [3.05, 3.63) is 30.1 Å². The molecule has 1 atom stereocenters. The zero-order valence-electron chi connectivity index (χ0n) is 9.63. The quantitative estimate of drug-likeness (QED) is 0.828. The number of carboxylic acid groups (broad SMARTS) is 1. The molecule has 0 bridgehead atoms. The van der Waals surface area contributed by atoms with Crippen LogP contribution in [0.15, 0.2) is 24.5 Å². The second-order valence-corrected chi connectivity index (χ2v) is 4.07. The summed E-state index contributed by atoms with van der Waals surface area (Å²) in [7, 11) is 1.91. The van der Waals surface area contributed by atoms with E-state index in [9.17, 15) is 4.79 Å². The van der Waals surface area contributed by atoms with Crippen molar-refractivity contribution in [2.75, 3.05) is 6.54 Å². The summed E-state index contributed by atoms with van der Waals surface area (Å²) in [6, 6.07) is 5.55. The topological polar surface area (TPSA) is 81.1 Å². The van der Waals surface area contributed by atoms with Gasteiger partial charge in [0.05, 0.1) is 23.3 Å². The SMILES string of the molecule is Cn1cnc2cc(C(CCN)C(=O)O)ccc21. The Bertz CT molecular complexity index is 548. The molecular formula is C12H15N3O2. The normalized spacial score (nSPS) is 12.8. The third kappa shape index (κ3) is 2.14. The maximum atomic E-state index is 11.1. The molecule has 2 rings (SSSR count). The predicted molar refractivity (Wildman–Crippen MR) is 64.8 cm³/mol. The molecule has 17 heavy (non-hydrogen) atoms. The molecule has 5 nitrogen and oxygen atoms in total. The molecule has 2 aromatic rings. The van der Waals surface area contributed by atoms with Crippen LogP contribution in [0.4, 0.5) is 0 Å². The molecular weight excluding hydrogens is 218 g/mol. The van der Waals surface area contributed by atoms with Gasteiger partial charge in [-0.25, -0.2) is 4.98 Å². The second kappa shape index (κ2) is 4.55. The number of hydrogen-bond donors (Lipinski definition) is 2. The molecule has 0 spiro atoms. The van der Waals surface area contributed by atoms with Crippen molar-refractivity contribution in [3.63, 3.8) is 0 Å². The number of carbonyl (C=O) groups is 1. The first-order valence-electron chi connectivity index (χ1n) is 5.47. The number of imidazole rings is 1. The van der Waals surface area contributed by atoms with Gasteiger partial charge >= 0.3 is 5.97 Å². The fraction of sp³-hybridized carbons (Fsp3) is 0.333. The van der Waals surface area contributed by atoms with Crippen molar-refractivity contribution in [1.29, 1.82) is 0 Å². The van der Waals surface area contributed by atoms with Gasteiger partial charge in [-0.3, -0.25) is 4.79 Å². The zero-order chi connectivity index (χ0) is 12.4. The highest BCUT2D eigenvalue weighted by Gasteiger charge is 2.19. The summed E-state index contributed by atoms with van der Waals surface area (Å²) >= 11 is 0. The van der Waals surface area contributed by atoms with Gasteiger partial charge in [0.1, 0.15) is 0 Å². The molecule has 0 aliphatic heterocycles.